The monoisotopic (exact) mass is 322 g/mol. The van der Waals surface area contributed by atoms with Gasteiger partial charge in [-0.15, -0.1) is 0 Å². The fourth-order valence-corrected chi connectivity index (χ4v) is 3.71. The average molecular weight is 322 g/mol. The van der Waals surface area contributed by atoms with E-state index in [0.29, 0.717) is 0 Å². The molecule has 116 valence electrons. The number of alkyl halides is 3. The van der Waals surface area contributed by atoms with Crippen LogP contribution in [0.1, 0.15) is 12.0 Å². The molecule has 2 rings (SSSR count). The highest BCUT2D eigenvalue weighted by Gasteiger charge is 2.39. The molecule has 0 aliphatic carbocycles. The number of rotatable bonds is 2. The number of amides is 1. The summed E-state index contributed by atoms with van der Waals surface area (Å²) in [5, 5.41) is 2.48. The second-order valence-corrected chi connectivity index (χ2v) is 6.40. The maximum atomic E-state index is 12.9. The first kappa shape index (κ1) is 15.8. The first-order chi connectivity index (χ1) is 9.73. The molecule has 0 aromatic heterocycles. The number of hydrogen-bond donors (Lipinski definition) is 1. The Kier molecular flexibility index (Phi) is 4.24. The quantitative estimate of drug-likeness (QED) is 0.890. The molecule has 1 fully saturated rings. The first-order valence-electron chi connectivity index (χ1n) is 6.16. The average Bonchev–Trinajstić information content (AvgIpc) is 2.63. The Morgan fingerprint density at radius 3 is 2.48 bits per heavy atom. The first-order valence-corrected chi connectivity index (χ1v) is 7.60. The molecular formula is C12H13F3N2O3S. The number of nitrogens with zero attached hydrogens (tertiary/aromatic N) is 1. The van der Waals surface area contributed by atoms with Crippen LogP contribution in [0.25, 0.3) is 0 Å². The van der Waals surface area contributed by atoms with Gasteiger partial charge in [0.1, 0.15) is 0 Å². The van der Waals surface area contributed by atoms with Crippen LogP contribution in [-0.4, -0.2) is 38.3 Å². The molecule has 1 N–H and O–H groups in total. The van der Waals surface area contributed by atoms with Gasteiger partial charge in [-0.2, -0.15) is 17.5 Å². The molecule has 1 heterocycles. The summed E-state index contributed by atoms with van der Waals surface area (Å²) in [4.78, 5) is 10.4. The van der Waals surface area contributed by atoms with Crippen LogP contribution in [0.5, 0.6) is 0 Å². The minimum Gasteiger partial charge on any atom is -0.355 e. The lowest BCUT2D eigenvalue weighted by Crippen LogP contribution is -2.35. The van der Waals surface area contributed by atoms with E-state index in [-0.39, 0.29) is 32.0 Å². The number of carbonyl (C=O) groups excluding carboxylic acids is 1. The molecule has 5 nitrogen and oxygen atoms in total. The molecule has 1 aromatic carbocycles. The van der Waals surface area contributed by atoms with E-state index in [1.54, 1.807) is 0 Å². The molecule has 0 bridgehead atoms. The molecule has 0 radical (unpaired) electrons. The number of benzene rings is 1. The van der Waals surface area contributed by atoms with Crippen molar-refractivity contribution in [2.45, 2.75) is 17.5 Å². The normalized spacial score (nSPS) is 18.1. The van der Waals surface area contributed by atoms with Gasteiger partial charge in [0.2, 0.25) is 15.9 Å². The fourth-order valence-electron chi connectivity index (χ4n) is 2.05. The Labute approximate surface area is 119 Å². The summed E-state index contributed by atoms with van der Waals surface area (Å²) in [5.41, 5.74) is -1.20. The summed E-state index contributed by atoms with van der Waals surface area (Å²) >= 11 is 0. The van der Waals surface area contributed by atoms with Crippen LogP contribution >= 0.6 is 0 Å². The van der Waals surface area contributed by atoms with Gasteiger partial charge >= 0.3 is 6.18 Å². The van der Waals surface area contributed by atoms with Gasteiger partial charge in [0.05, 0.1) is 10.5 Å². The van der Waals surface area contributed by atoms with Crippen LogP contribution in [0.3, 0.4) is 0 Å². The van der Waals surface area contributed by atoms with Crippen molar-refractivity contribution in [1.29, 1.82) is 0 Å². The van der Waals surface area contributed by atoms with Gasteiger partial charge in [-0.3, -0.25) is 4.79 Å². The maximum Gasteiger partial charge on any atom is 0.417 e. The summed E-state index contributed by atoms with van der Waals surface area (Å²) in [6.07, 6.45) is -4.84. The van der Waals surface area contributed by atoms with Crippen molar-refractivity contribution in [3.8, 4) is 0 Å². The molecule has 9 heteroatoms. The van der Waals surface area contributed by atoms with Gasteiger partial charge in [-0.25, -0.2) is 8.42 Å². The summed E-state index contributed by atoms with van der Waals surface area (Å²) in [6, 6.07) is 4.03. The van der Waals surface area contributed by atoms with Crippen molar-refractivity contribution >= 4 is 15.9 Å². The van der Waals surface area contributed by atoms with E-state index in [9.17, 15) is 26.4 Å². The lowest BCUT2D eigenvalue weighted by Gasteiger charge is -2.21. The molecule has 1 aliphatic rings. The number of sulfonamides is 1. The van der Waals surface area contributed by atoms with E-state index in [1.807, 2.05) is 0 Å². The lowest BCUT2D eigenvalue weighted by atomic mass is 10.2. The molecule has 0 atom stereocenters. The molecular weight excluding hydrogens is 309 g/mol. The van der Waals surface area contributed by atoms with Gasteiger partial charge < -0.3 is 5.32 Å². The van der Waals surface area contributed by atoms with Gasteiger partial charge in [-0.1, -0.05) is 12.1 Å². The third-order valence-corrected chi connectivity index (χ3v) is 5.04. The number of halogens is 3. The van der Waals surface area contributed by atoms with Crippen molar-refractivity contribution in [3.63, 3.8) is 0 Å². The Morgan fingerprint density at radius 1 is 1.14 bits per heavy atom. The van der Waals surface area contributed by atoms with E-state index in [2.05, 4.69) is 5.32 Å². The predicted molar refractivity (Wildman–Crippen MR) is 67.8 cm³/mol. The van der Waals surface area contributed by atoms with Crippen molar-refractivity contribution in [1.82, 2.24) is 9.62 Å². The van der Waals surface area contributed by atoms with Gasteiger partial charge in [0.25, 0.3) is 0 Å². The number of carbonyl (C=O) groups is 1. The molecule has 1 aromatic rings. The predicted octanol–water partition coefficient (Wildman–Crippen LogP) is 1.22. The Balaban J connectivity index is 2.43. The van der Waals surface area contributed by atoms with Crippen LogP contribution in [0, 0.1) is 0 Å². The zero-order valence-electron chi connectivity index (χ0n) is 10.9. The van der Waals surface area contributed by atoms with Crippen LogP contribution in [-0.2, 0) is 21.0 Å². The maximum absolute atomic E-state index is 12.9. The Morgan fingerprint density at radius 2 is 1.81 bits per heavy atom. The zero-order chi connectivity index (χ0) is 15.7. The Hall–Kier alpha value is -1.61. The smallest absolute Gasteiger partial charge is 0.355 e. The lowest BCUT2D eigenvalue weighted by molar-refractivity contribution is -0.140. The van der Waals surface area contributed by atoms with Gasteiger partial charge in [0, 0.05) is 26.1 Å². The van der Waals surface area contributed by atoms with Gasteiger partial charge in [0.15, 0.2) is 0 Å². The number of hydrogen-bond acceptors (Lipinski definition) is 3. The largest absolute Gasteiger partial charge is 0.417 e. The molecule has 0 unspecified atom stereocenters. The van der Waals surface area contributed by atoms with E-state index in [0.717, 1.165) is 22.5 Å². The summed E-state index contributed by atoms with van der Waals surface area (Å²) in [7, 11) is -4.30. The van der Waals surface area contributed by atoms with E-state index >= 15 is 0 Å². The highest BCUT2D eigenvalue weighted by atomic mass is 32.2. The second kappa shape index (κ2) is 5.64. The minimum atomic E-state index is -4.76. The van der Waals surface area contributed by atoms with Crippen molar-refractivity contribution in [2.24, 2.45) is 0 Å². The van der Waals surface area contributed by atoms with Crippen LogP contribution in [0.2, 0.25) is 0 Å². The highest BCUT2D eigenvalue weighted by Crippen LogP contribution is 2.35. The molecule has 0 saturated carbocycles. The molecule has 1 amide bonds. The van der Waals surface area contributed by atoms with Crippen molar-refractivity contribution in [2.75, 3.05) is 19.6 Å². The topological polar surface area (TPSA) is 66.5 Å². The Bertz CT molecular complexity index is 643. The third kappa shape index (κ3) is 3.35. The van der Waals surface area contributed by atoms with E-state index in [1.165, 1.54) is 6.07 Å². The summed E-state index contributed by atoms with van der Waals surface area (Å²) in [5.74, 6) is -0.322. The van der Waals surface area contributed by atoms with E-state index in [4.69, 9.17) is 0 Å². The molecule has 1 aliphatic heterocycles. The standard InChI is InChI=1S/C12H13F3N2O3S/c13-12(14,15)9-3-1-2-4-10(9)21(19,20)17-7-5-11(18)16-6-8-17/h1-4H,5-8H2,(H,16,18). The third-order valence-electron chi connectivity index (χ3n) is 3.08. The van der Waals surface area contributed by atoms with Crippen molar-refractivity contribution in [3.05, 3.63) is 29.8 Å². The SMILES string of the molecule is O=C1CCN(S(=O)(=O)c2ccccc2C(F)(F)F)CCN1. The second-order valence-electron chi connectivity index (χ2n) is 4.50. The summed E-state index contributed by atoms with van der Waals surface area (Å²) < 4.78 is 64.5. The van der Waals surface area contributed by atoms with E-state index < -0.39 is 26.7 Å². The minimum absolute atomic E-state index is 0.0553. The summed E-state index contributed by atoms with van der Waals surface area (Å²) in [6.45, 7) is -0.118. The van der Waals surface area contributed by atoms with Crippen LogP contribution < -0.4 is 5.32 Å². The van der Waals surface area contributed by atoms with Crippen LogP contribution in [0.4, 0.5) is 13.2 Å². The molecule has 21 heavy (non-hydrogen) atoms. The van der Waals surface area contributed by atoms with Crippen molar-refractivity contribution < 1.29 is 26.4 Å². The highest BCUT2D eigenvalue weighted by molar-refractivity contribution is 7.89. The van der Waals surface area contributed by atoms with Gasteiger partial charge in [-0.05, 0) is 12.1 Å². The molecule has 0 spiro atoms. The van der Waals surface area contributed by atoms with Crippen LogP contribution in [0.15, 0.2) is 29.2 Å². The number of nitrogens with one attached hydrogen (secondary N) is 1. The fraction of sp³-hybridized carbons (Fsp3) is 0.417. The molecule has 1 saturated heterocycles. The zero-order valence-corrected chi connectivity index (χ0v) is 11.7.